The van der Waals surface area contributed by atoms with Crippen LogP contribution in [0.2, 0.25) is 0 Å². The molecule has 0 saturated heterocycles. The van der Waals surface area contributed by atoms with Crippen molar-refractivity contribution in [2.24, 2.45) is 0 Å². The van der Waals surface area contributed by atoms with Gasteiger partial charge in [-0.05, 0) is 33.8 Å². The van der Waals surface area contributed by atoms with Crippen LogP contribution in [0.25, 0.3) is 0 Å². The van der Waals surface area contributed by atoms with Gasteiger partial charge >= 0.3 is 12.3 Å². The summed E-state index contributed by atoms with van der Waals surface area (Å²) >= 11 is 0. The Morgan fingerprint density at radius 3 is 2.30 bits per heavy atom. The predicted molar refractivity (Wildman–Crippen MR) is 67.0 cm³/mol. The highest BCUT2D eigenvalue weighted by atomic mass is 19.4. The fraction of sp³-hybridized carbons (Fsp3) is 0.538. The van der Waals surface area contributed by atoms with Crippen molar-refractivity contribution in [2.75, 3.05) is 0 Å². The van der Waals surface area contributed by atoms with E-state index in [-0.39, 0.29) is 0 Å². The van der Waals surface area contributed by atoms with Gasteiger partial charge in [-0.1, -0.05) is 6.07 Å². The van der Waals surface area contributed by atoms with Crippen molar-refractivity contribution in [1.29, 1.82) is 0 Å². The lowest BCUT2D eigenvalue weighted by molar-refractivity contribution is -0.141. The Bertz CT molecular complexity index is 464. The van der Waals surface area contributed by atoms with Crippen molar-refractivity contribution >= 4 is 6.09 Å². The van der Waals surface area contributed by atoms with E-state index >= 15 is 0 Å². The number of hydrogen-bond acceptors (Lipinski definition) is 3. The highest BCUT2D eigenvalue weighted by Gasteiger charge is 2.32. The summed E-state index contributed by atoms with van der Waals surface area (Å²) in [5, 5.41) is 2.59. The van der Waals surface area contributed by atoms with Crippen LogP contribution in [0.1, 0.15) is 45.1 Å². The number of nitrogens with one attached hydrogen (secondary N) is 1. The molecule has 7 heteroatoms. The van der Waals surface area contributed by atoms with Gasteiger partial charge in [0.1, 0.15) is 11.8 Å². The molecule has 0 fully saturated rings. The van der Waals surface area contributed by atoms with Crippen LogP contribution >= 0.6 is 0 Å². The van der Waals surface area contributed by atoms with E-state index in [4.69, 9.17) is 4.74 Å². The van der Waals surface area contributed by atoms with Crippen LogP contribution in [0.3, 0.4) is 0 Å². The van der Waals surface area contributed by atoms with Gasteiger partial charge in [0.05, 0.1) is 0 Å². The van der Waals surface area contributed by atoms with E-state index < -0.39 is 29.6 Å². The monoisotopic (exact) mass is 290 g/mol. The Hall–Kier alpha value is -1.79. The molecule has 20 heavy (non-hydrogen) atoms. The molecule has 0 saturated carbocycles. The molecule has 4 nitrogen and oxygen atoms in total. The summed E-state index contributed by atoms with van der Waals surface area (Å²) in [6.45, 7) is 6.93. The summed E-state index contributed by atoms with van der Waals surface area (Å²) in [5.41, 5.74) is -1.04. The largest absolute Gasteiger partial charge is 0.442 e. The fourth-order valence-electron chi connectivity index (χ4n) is 1.38. The van der Waals surface area contributed by atoms with Gasteiger partial charge in [0.2, 0.25) is 0 Å². The van der Waals surface area contributed by atoms with Gasteiger partial charge in [0.15, 0.2) is 0 Å². The van der Waals surface area contributed by atoms with E-state index in [1.54, 1.807) is 27.7 Å². The van der Waals surface area contributed by atoms with Crippen LogP contribution in [0.5, 0.6) is 0 Å². The quantitative estimate of drug-likeness (QED) is 0.903. The second-order valence-electron chi connectivity index (χ2n) is 5.40. The van der Waals surface area contributed by atoms with E-state index in [0.717, 1.165) is 12.3 Å². The lowest BCUT2D eigenvalue weighted by Crippen LogP contribution is -2.41. The van der Waals surface area contributed by atoms with E-state index in [9.17, 15) is 18.0 Å². The van der Waals surface area contributed by atoms with Crippen molar-refractivity contribution in [3.05, 3.63) is 29.6 Å². The zero-order valence-corrected chi connectivity index (χ0v) is 11.7. The maximum absolute atomic E-state index is 12.4. The number of amides is 1. The summed E-state index contributed by atoms with van der Waals surface area (Å²) in [6.07, 6.45) is -4.75. The third kappa shape index (κ3) is 5.07. The third-order valence-corrected chi connectivity index (χ3v) is 2.31. The van der Waals surface area contributed by atoms with Gasteiger partial charge in [-0.25, -0.2) is 4.79 Å². The minimum atomic E-state index is -4.48. The summed E-state index contributed by atoms with van der Waals surface area (Å²) in [4.78, 5) is 14.9. The number of hydrogen-bond donors (Lipinski definition) is 1. The van der Waals surface area contributed by atoms with Crippen molar-refractivity contribution in [3.8, 4) is 0 Å². The lowest BCUT2D eigenvalue weighted by Gasteiger charge is -2.22. The van der Waals surface area contributed by atoms with Crippen LogP contribution in [0.4, 0.5) is 18.0 Å². The number of halogens is 3. The summed E-state index contributed by atoms with van der Waals surface area (Å²) < 4.78 is 42.1. The zero-order chi connectivity index (χ0) is 15.6. The van der Waals surface area contributed by atoms with Gasteiger partial charge in [-0.2, -0.15) is 13.2 Å². The molecule has 1 atom stereocenters. The molecular formula is C13H17F3N2O2. The van der Waals surface area contributed by atoms with Crippen LogP contribution in [0, 0.1) is 0 Å². The van der Waals surface area contributed by atoms with Crippen molar-refractivity contribution in [1.82, 2.24) is 10.3 Å². The van der Waals surface area contributed by atoms with Crippen molar-refractivity contribution in [2.45, 2.75) is 45.5 Å². The number of alkyl halides is 3. The maximum atomic E-state index is 12.4. The Morgan fingerprint density at radius 1 is 1.30 bits per heavy atom. The second-order valence-corrected chi connectivity index (χ2v) is 5.40. The molecule has 0 aliphatic heterocycles. The van der Waals surface area contributed by atoms with Crippen LogP contribution in [-0.2, 0) is 10.9 Å². The number of alkyl carbamates (subject to hydrolysis) is 1. The first-order valence-corrected chi connectivity index (χ1v) is 6.01. The van der Waals surface area contributed by atoms with Gasteiger partial charge in [0.25, 0.3) is 0 Å². The topological polar surface area (TPSA) is 51.2 Å². The lowest BCUT2D eigenvalue weighted by atomic mass is 10.1. The van der Waals surface area contributed by atoms with Gasteiger partial charge in [-0.3, -0.25) is 4.98 Å². The SMILES string of the molecule is CC(OC(=O)NC(C)(C)C)c1ccc(C(F)(F)F)nc1. The Kier molecular flexibility index (Phi) is 4.62. The molecule has 1 rings (SSSR count). The minimum Gasteiger partial charge on any atom is -0.442 e. The number of carbonyl (C=O) groups is 1. The molecule has 1 heterocycles. The first-order valence-electron chi connectivity index (χ1n) is 6.01. The zero-order valence-electron chi connectivity index (χ0n) is 11.7. The molecule has 0 aliphatic rings. The standard InChI is InChI=1S/C13H17F3N2O2/c1-8(20-11(19)18-12(2,3)4)9-5-6-10(17-7-9)13(14,15)16/h5-8H,1-4H3,(H,18,19). The first kappa shape index (κ1) is 16.3. The molecule has 1 amide bonds. The summed E-state index contributed by atoms with van der Waals surface area (Å²) in [6, 6.07) is 2.10. The van der Waals surface area contributed by atoms with E-state index in [0.29, 0.717) is 5.56 Å². The smallest absolute Gasteiger partial charge is 0.433 e. The Labute approximate surface area is 115 Å². The highest BCUT2D eigenvalue weighted by molar-refractivity contribution is 5.68. The molecule has 0 aliphatic carbocycles. The summed E-state index contributed by atoms with van der Waals surface area (Å²) in [5.74, 6) is 0. The first-order chi connectivity index (χ1) is 8.99. The van der Waals surface area contributed by atoms with E-state index in [2.05, 4.69) is 10.3 Å². The van der Waals surface area contributed by atoms with E-state index in [1.165, 1.54) is 6.07 Å². The molecule has 1 aromatic rings. The van der Waals surface area contributed by atoms with Crippen LogP contribution < -0.4 is 5.32 Å². The number of nitrogens with zero attached hydrogens (tertiary/aromatic N) is 1. The minimum absolute atomic E-state index is 0.391. The summed E-state index contributed by atoms with van der Waals surface area (Å²) in [7, 11) is 0. The molecule has 1 unspecified atom stereocenters. The average Bonchev–Trinajstić information content (AvgIpc) is 2.25. The molecule has 0 radical (unpaired) electrons. The molecule has 1 N–H and O–H groups in total. The number of rotatable bonds is 2. The molecule has 1 aromatic heterocycles. The van der Waals surface area contributed by atoms with Crippen LogP contribution in [0.15, 0.2) is 18.3 Å². The normalized spacial score (nSPS) is 13.8. The Morgan fingerprint density at radius 2 is 1.90 bits per heavy atom. The highest BCUT2D eigenvalue weighted by Crippen LogP contribution is 2.28. The molecule has 0 aromatic carbocycles. The van der Waals surface area contributed by atoms with Crippen molar-refractivity contribution < 1.29 is 22.7 Å². The number of carbonyl (C=O) groups excluding carboxylic acids is 1. The number of aromatic nitrogens is 1. The second kappa shape index (κ2) is 5.68. The maximum Gasteiger partial charge on any atom is 0.433 e. The van der Waals surface area contributed by atoms with Gasteiger partial charge < -0.3 is 10.1 Å². The molecule has 0 bridgehead atoms. The number of ether oxygens (including phenoxy) is 1. The molecule has 0 spiro atoms. The average molecular weight is 290 g/mol. The predicted octanol–water partition coefficient (Wildman–Crippen LogP) is 3.69. The number of pyridine rings is 1. The fourth-order valence-corrected chi connectivity index (χ4v) is 1.38. The van der Waals surface area contributed by atoms with Crippen molar-refractivity contribution in [3.63, 3.8) is 0 Å². The Balaban J connectivity index is 2.69. The molecule has 112 valence electrons. The molecular weight excluding hydrogens is 273 g/mol. The van der Waals surface area contributed by atoms with Gasteiger partial charge in [0, 0.05) is 17.3 Å². The van der Waals surface area contributed by atoms with Gasteiger partial charge in [-0.15, -0.1) is 0 Å². The van der Waals surface area contributed by atoms with E-state index in [1.807, 2.05) is 0 Å². The third-order valence-electron chi connectivity index (χ3n) is 2.31. The van der Waals surface area contributed by atoms with Crippen LogP contribution in [-0.4, -0.2) is 16.6 Å².